The van der Waals surface area contributed by atoms with Gasteiger partial charge in [-0.2, -0.15) is 0 Å². The Morgan fingerprint density at radius 2 is 2.16 bits per heavy atom. The second-order valence-electron chi connectivity index (χ2n) is 5.42. The Morgan fingerprint density at radius 1 is 1.42 bits per heavy atom. The number of furan rings is 1. The van der Waals surface area contributed by atoms with E-state index in [0.29, 0.717) is 5.76 Å². The van der Waals surface area contributed by atoms with Gasteiger partial charge in [0.25, 0.3) is 0 Å². The van der Waals surface area contributed by atoms with Crippen molar-refractivity contribution in [3.8, 4) is 0 Å². The van der Waals surface area contributed by atoms with E-state index in [4.69, 9.17) is 9.15 Å². The van der Waals surface area contributed by atoms with Crippen LogP contribution in [0.25, 0.3) is 6.08 Å². The molecule has 0 aliphatic rings. The van der Waals surface area contributed by atoms with E-state index in [-0.39, 0.29) is 5.97 Å². The van der Waals surface area contributed by atoms with Crippen LogP contribution >= 0.6 is 0 Å². The van der Waals surface area contributed by atoms with E-state index in [1.54, 1.807) is 18.6 Å². The van der Waals surface area contributed by atoms with Crippen molar-refractivity contribution < 1.29 is 13.9 Å². The third-order valence-electron chi connectivity index (χ3n) is 2.44. The predicted octanol–water partition coefficient (Wildman–Crippen LogP) is 4.57. The van der Waals surface area contributed by atoms with Gasteiger partial charge in [0.15, 0.2) is 0 Å². The maximum Gasteiger partial charge on any atom is 0.316 e. The van der Waals surface area contributed by atoms with Crippen molar-refractivity contribution >= 4 is 12.0 Å². The van der Waals surface area contributed by atoms with Gasteiger partial charge >= 0.3 is 5.97 Å². The fraction of sp³-hybridized carbons (Fsp3) is 0.438. The van der Waals surface area contributed by atoms with Crippen molar-refractivity contribution in [3.63, 3.8) is 0 Å². The Hall–Kier alpha value is -1.77. The number of carbonyl (C=O) groups excluding carboxylic acids is 1. The molecule has 0 saturated carbocycles. The monoisotopic (exact) mass is 262 g/mol. The van der Waals surface area contributed by atoms with Crippen LogP contribution in [0.15, 0.2) is 40.9 Å². The summed E-state index contributed by atoms with van der Waals surface area (Å²) in [5, 5.41) is 0. The van der Waals surface area contributed by atoms with Crippen LogP contribution in [0, 0.1) is 5.41 Å². The van der Waals surface area contributed by atoms with Crippen molar-refractivity contribution in [3.05, 3.63) is 42.1 Å². The first-order valence-corrected chi connectivity index (χ1v) is 6.56. The number of hydrogen-bond acceptors (Lipinski definition) is 3. The highest BCUT2D eigenvalue weighted by molar-refractivity contribution is 5.77. The number of ether oxygens (including phenoxy) is 1. The van der Waals surface area contributed by atoms with Crippen LogP contribution in [0.1, 0.15) is 46.1 Å². The molecular weight excluding hydrogens is 240 g/mol. The van der Waals surface area contributed by atoms with Gasteiger partial charge in [-0.05, 0) is 51.5 Å². The summed E-state index contributed by atoms with van der Waals surface area (Å²) < 4.78 is 10.4. The van der Waals surface area contributed by atoms with Gasteiger partial charge in [0.2, 0.25) is 0 Å². The van der Waals surface area contributed by atoms with Crippen molar-refractivity contribution in [1.82, 2.24) is 0 Å². The molecule has 0 unspecified atom stereocenters. The van der Waals surface area contributed by atoms with E-state index in [1.807, 2.05) is 39.0 Å². The van der Waals surface area contributed by atoms with Crippen molar-refractivity contribution in [2.45, 2.75) is 40.5 Å². The normalized spacial score (nSPS) is 12.9. The molecule has 19 heavy (non-hydrogen) atoms. The Kier molecular flexibility index (Phi) is 5.61. The van der Waals surface area contributed by atoms with E-state index in [2.05, 4.69) is 6.92 Å². The van der Waals surface area contributed by atoms with Gasteiger partial charge in [0, 0.05) is 5.56 Å². The molecule has 0 aliphatic heterocycles. The molecule has 1 aromatic rings. The molecule has 3 heteroatoms. The van der Waals surface area contributed by atoms with Gasteiger partial charge in [0.1, 0.15) is 5.76 Å². The highest BCUT2D eigenvalue weighted by atomic mass is 16.5. The number of hydrogen-bond donors (Lipinski definition) is 0. The minimum Gasteiger partial charge on any atom is -0.472 e. The van der Waals surface area contributed by atoms with Crippen LogP contribution in [-0.2, 0) is 9.53 Å². The number of allylic oxidation sites excluding steroid dienone is 2. The Bertz CT molecular complexity index is 445. The molecule has 0 spiro atoms. The molecule has 0 amide bonds. The first-order valence-electron chi connectivity index (χ1n) is 6.56. The third-order valence-corrected chi connectivity index (χ3v) is 2.44. The van der Waals surface area contributed by atoms with E-state index in [1.165, 1.54) is 0 Å². The molecule has 1 rings (SSSR count). The maximum absolute atomic E-state index is 11.9. The summed E-state index contributed by atoms with van der Waals surface area (Å²) in [5.74, 6) is 0.356. The summed E-state index contributed by atoms with van der Waals surface area (Å²) >= 11 is 0. The number of unbranched alkanes of at least 4 members (excludes halogenated alkanes) is 1. The summed E-state index contributed by atoms with van der Waals surface area (Å²) in [7, 11) is 0. The molecule has 1 heterocycles. The third kappa shape index (κ3) is 5.60. The van der Waals surface area contributed by atoms with Gasteiger partial charge in [0.05, 0.1) is 17.9 Å². The summed E-state index contributed by atoms with van der Waals surface area (Å²) in [6, 6.07) is 1.85. The molecule has 0 saturated heterocycles. The van der Waals surface area contributed by atoms with Crippen LogP contribution in [0.5, 0.6) is 0 Å². The van der Waals surface area contributed by atoms with Gasteiger partial charge in [-0.25, -0.2) is 0 Å². The minimum absolute atomic E-state index is 0.230. The Morgan fingerprint density at radius 3 is 2.68 bits per heavy atom. The molecule has 104 valence electrons. The lowest BCUT2D eigenvalue weighted by molar-refractivity contribution is -0.148. The molecule has 0 fully saturated rings. The summed E-state index contributed by atoms with van der Waals surface area (Å²) in [4.78, 5) is 11.9. The summed E-state index contributed by atoms with van der Waals surface area (Å²) in [5.41, 5.74) is 0.434. The molecule has 0 aliphatic carbocycles. The van der Waals surface area contributed by atoms with Crippen LogP contribution in [0.2, 0.25) is 0 Å². The quantitative estimate of drug-likeness (QED) is 0.443. The molecule has 0 N–H and O–H groups in total. The second-order valence-corrected chi connectivity index (χ2v) is 5.42. The molecular formula is C16H22O3. The van der Waals surface area contributed by atoms with Gasteiger partial charge in [-0.15, -0.1) is 0 Å². The van der Waals surface area contributed by atoms with Crippen molar-refractivity contribution in [1.29, 1.82) is 0 Å². The van der Waals surface area contributed by atoms with Gasteiger partial charge in [-0.3, -0.25) is 4.79 Å². The highest BCUT2D eigenvalue weighted by Crippen LogP contribution is 2.19. The first kappa shape index (κ1) is 15.3. The lowest BCUT2D eigenvalue weighted by Gasteiger charge is -2.16. The van der Waals surface area contributed by atoms with Crippen molar-refractivity contribution in [2.75, 3.05) is 0 Å². The fourth-order valence-corrected chi connectivity index (χ4v) is 1.24. The van der Waals surface area contributed by atoms with Gasteiger partial charge < -0.3 is 9.15 Å². The number of carbonyl (C=O) groups is 1. The maximum atomic E-state index is 11.9. The van der Waals surface area contributed by atoms with Crippen LogP contribution in [0.3, 0.4) is 0 Å². The number of rotatable bonds is 5. The van der Waals surface area contributed by atoms with E-state index >= 15 is 0 Å². The Labute approximate surface area is 115 Å². The van der Waals surface area contributed by atoms with Crippen LogP contribution in [0.4, 0.5) is 0 Å². The first-order chi connectivity index (χ1) is 8.93. The topological polar surface area (TPSA) is 39.4 Å². The molecule has 0 atom stereocenters. The van der Waals surface area contributed by atoms with Crippen molar-refractivity contribution in [2.24, 2.45) is 5.41 Å². The molecule has 3 nitrogen and oxygen atoms in total. The lowest BCUT2D eigenvalue weighted by Crippen LogP contribution is -2.22. The molecule has 0 bridgehead atoms. The van der Waals surface area contributed by atoms with E-state index < -0.39 is 5.41 Å². The fourth-order valence-electron chi connectivity index (χ4n) is 1.24. The largest absolute Gasteiger partial charge is 0.472 e. The summed E-state index contributed by atoms with van der Waals surface area (Å²) in [6.07, 6.45) is 10.7. The molecule has 0 radical (unpaired) electrons. The van der Waals surface area contributed by atoms with Crippen LogP contribution < -0.4 is 0 Å². The SMILES string of the molecule is CCC/C=C(/C=C/c1ccoc1)OC(=O)C(C)(C)C. The van der Waals surface area contributed by atoms with Crippen LogP contribution in [-0.4, -0.2) is 5.97 Å². The van der Waals surface area contributed by atoms with Gasteiger partial charge in [-0.1, -0.05) is 13.3 Å². The zero-order chi connectivity index (χ0) is 14.3. The summed E-state index contributed by atoms with van der Waals surface area (Å²) in [6.45, 7) is 7.60. The number of esters is 1. The predicted molar refractivity (Wildman–Crippen MR) is 76.3 cm³/mol. The highest BCUT2D eigenvalue weighted by Gasteiger charge is 2.23. The standard InChI is InChI=1S/C16H22O3/c1-5-6-7-14(19-15(17)16(2,3)4)9-8-13-10-11-18-12-13/h7-12H,5-6H2,1-4H3/b9-8+,14-7-. The zero-order valence-electron chi connectivity index (χ0n) is 12.1. The smallest absolute Gasteiger partial charge is 0.316 e. The lowest BCUT2D eigenvalue weighted by atomic mass is 9.97. The van der Waals surface area contributed by atoms with E-state index in [9.17, 15) is 4.79 Å². The molecule has 1 aromatic heterocycles. The average molecular weight is 262 g/mol. The zero-order valence-corrected chi connectivity index (χ0v) is 12.1. The Balaban J connectivity index is 2.76. The average Bonchev–Trinajstić information content (AvgIpc) is 2.84. The molecule has 0 aromatic carbocycles. The van der Waals surface area contributed by atoms with E-state index in [0.717, 1.165) is 18.4 Å². The second kappa shape index (κ2) is 6.98. The minimum atomic E-state index is -0.505.